The monoisotopic (exact) mass is 1990 g/mol. The molecule has 0 aliphatic heterocycles. The highest BCUT2D eigenvalue weighted by Crippen LogP contribution is 2.73. The van der Waals surface area contributed by atoms with E-state index >= 15 is 9.59 Å². The normalized spacial score (nSPS) is 17.2. The molecule has 4 aliphatic rings. The maximum absolute atomic E-state index is 15.4. The second kappa shape index (κ2) is 46.6. The quantitative estimate of drug-likeness (QED) is 0.0160. The SMILES string of the molecule is [C-]#[N+]/C(C#N)=C1\C(=C\c2cc3sc4c(c3s2)C(c2ccc(OCC(CCCC)CCCCCC)cc2)(c2ccc(OCC(CCCC)CCCCCC)cc2)c2c-4sc3c4c(sc23)-c2sc3cc(/C=C5\C(=O)c6cc7ccccc7cc6\C5=C(\C#N)[N+]#[C-])sc3c2C4(c2ccc(OCC(CCCC)CCCCCC)cc2)c2ccc(OCC(CCCC)CCCCCC)cc2)C(=O)c2cc3ccccc3cc21. The molecule has 14 aromatic rings. The molecular weight excluding hydrogens is 1860 g/mol. The highest BCUT2D eigenvalue weighted by Gasteiger charge is 2.57. The second-order valence-corrected chi connectivity index (χ2v) is 46.3. The number of carbonyl (C=O) groups is 2. The predicted octanol–water partition coefficient (Wildman–Crippen LogP) is 38.0. The molecule has 18 rings (SSSR count). The Morgan fingerprint density at radius 3 is 0.852 bits per heavy atom. The van der Waals surface area contributed by atoms with E-state index in [-0.39, 0.29) is 23.0 Å². The number of hydrogen-bond donors (Lipinski definition) is 0. The summed E-state index contributed by atoms with van der Waals surface area (Å²) in [6.45, 7) is 37.8. The van der Waals surface area contributed by atoms with E-state index in [4.69, 9.17) is 32.1 Å². The van der Waals surface area contributed by atoms with Crippen molar-refractivity contribution < 1.29 is 28.5 Å². The minimum absolute atomic E-state index is 0.115. The van der Waals surface area contributed by atoms with E-state index in [9.17, 15) is 10.5 Å². The second-order valence-electron chi connectivity index (χ2n) is 40.0. The number of ether oxygens (including phenoxy) is 4. The van der Waals surface area contributed by atoms with E-state index < -0.39 is 10.8 Å². The van der Waals surface area contributed by atoms with Crippen molar-refractivity contribution in [3.63, 3.8) is 0 Å². The molecule has 6 heterocycles. The Morgan fingerprint density at radius 1 is 0.324 bits per heavy atom. The van der Waals surface area contributed by atoms with Gasteiger partial charge in [-0.2, -0.15) is 0 Å². The van der Waals surface area contributed by atoms with Gasteiger partial charge in [-0.05, 0) is 227 Å². The molecule has 0 fully saturated rings. The van der Waals surface area contributed by atoms with Crippen LogP contribution in [0.3, 0.4) is 0 Å². The molecule has 728 valence electrons. The third-order valence-electron chi connectivity index (χ3n) is 30.3. The van der Waals surface area contributed by atoms with Gasteiger partial charge in [0.1, 0.15) is 23.0 Å². The van der Waals surface area contributed by atoms with E-state index in [1.807, 2.05) is 130 Å². The Labute approximate surface area is 864 Å². The first-order chi connectivity index (χ1) is 69.7. The lowest BCUT2D eigenvalue weighted by molar-refractivity contribution is 0.103. The van der Waals surface area contributed by atoms with E-state index in [0.717, 1.165) is 198 Å². The van der Waals surface area contributed by atoms with Crippen molar-refractivity contribution in [3.05, 3.63) is 304 Å². The topological polar surface area (TPSA) is 127 Å². The van der Waals surface area contributed by atoms with Crippen LogP contribution in [0, 0.1) is 59.5 Å². The summed E-state index contributed by atoms with van der Waals surface area (Å²) in [7, 11) is 0. The van der Waals surface area contributed by atoms with Crippen molar-refractivity contribution >= 4 is 153 Å². The van der Waals surface area contributed by atoms with Crippen LogP contribution in [0.4, 0.5) is 0 Å². The van der Waals surface area contributed by atoms with Crippen molar-refractivity contribution in [3.8, 4) is 54.6 Å². The van der Waals surface area contributed by atoms with Crippen LogP contribution >= 0.6 is 68.0 Å². The maximum Gasteiger partial charge on any atom is 0.270 e. The minimum Gasteiger partial charge on any atom is -0.493 e. The molecule has 4 unspecified atom stereocenters. The first-order valence-electron chi connectivity index (χ1n) is 53.0. The third-order valence-corrected chi connectivity index (χ3v) is 37.9. The van der Waals surface area contributed by atoms with E-state index in [0.29, 0.717) is 94.6 Å². The minimum atomic E-state index is -1.01. The number of nitriles is 2. The molecule has 16 heteroatoms. The Morgan fingerprint density at radius 2 is 0.585 bits per heavy atom. The van der Waals surface area contributed by atoms with Crippen molar-refractivity contribution in [1.82, 2.24) is 0 Å². The molecule has 142 heavy (non-hydrogen) atoms. The Hall–Kier alpha value is -11.3. The number of unbranched alkanes of at least 4 members (excludes halogenated alkanes) is 16. The third kappa shape index (κ3) is 20.2. The predicted molar refractivity (Wildman–Crippen MR) is 601 cm³/mol. The van der Waals surface area contributed by atoms with Crippen LogP contribution in [0.1, 0.15) is 347 Å². The fourth-order valence-electron chi connectivity index (χ4n) is 22.8. The lowest BCUT2D eigenvalue weighted by atomic mass is 9.67. The molecule has 10 nitrogen and oxygen atoms in total. The van der Waals surface area contributed by atoms with Crippen LogP contribution in [0.2, 0.25) is 0 Å². The summed E-state index contributed by atoms with van der Waals surface area (Å²) in [5.74, 6) is 4.67. The van der Waals surface area contributed by atoms with Crippen LogP contribution in [-0.2, 0) is 10.8 Å². The smallest absolute Gasteiger partial charge is 0.270 e. The average Bonchev–Trinajstić information content (AvgIpc) is 1.48. The first kappa shape index (κ1) is 101. The first-order valence-corrected chi connectivity index (χ1v) is 57.9. The number of thiophene rings is 6. The number of nitrogens with zero attached hydrogens (tertiary/aromatic N) is 4. The van der Waals surface area contributed by atoms with E-state index in [1.54, 1.807) is 22.7 Å². The van der Waals surface area contributed by atoms with Crippen LogP contribution in [-0.4, -0.2) is 38.0 Å². The molecule has 8 aromatic carbocycles. The Balaban J connectivity index is 0.882. The summed E-state index contributed by atoms with van der Waals surface area (Å²) in [5, 5.41) is 25.4. The standard InChI is InChI=1S/C126H132N4O6S6/c1-11-19-27-31-43-81(39-23-15-5)77-133-93-59-51-89(52-60-93)125(90-53-61-94(62-54-90)134-78-82(40-24-16-6)44-32-28-20-12-2)111-117-107(73-97(137-117)71-103-109(105(75-127)129-9)99-67-85-47-35-37-49-87(85)69-101(99)115(103)131)139-119(111)121-113(125)123-124(141-121)114-122(142-123)120-112(118-108(140-120)74-98(138-118)72-104-110(106(76-128)130-10)100-68-86-48-36-38-50-88(86)70-102(100)116(104)132)126(114,91-55-63-95(64-56-91)135-79-83(41-25-17-7)45-33-29-21-13-3)92-57-65-96(66-58-92)136-80-84(42-26-18-8)46-34-30-22-14-4/h35-38,47-74,81-84H,11-34,39-46,77-80H2,1-8H3/b103-71-,104-72-,109-105-,110-106+. The van der Waals surface area contributed by atoms with Gasteiger partial charge < -0.3 is 18.9 Å². The molecule has 4 aliphatic carbocycles. The molecule has 6 aromatic heterocycles. The van der Waals surface area contributed by atoms with Crippen molar-refractivity contribution in [2.75, 3.05) is 26.4 Å². The lowest BCUT2D eigenvalue weighted by Crippen LogP contribution is -2.29. The largest absolute Gasteiger partial charge is 0.493 e. The van der Waals surface area contributed by atoms with Gasteiger partial charge in [-0.3, -0.25) is 9.59 Å². The van der Waals surface area contributed by atoms with Gasteiger partial charge in [0.05, 0.1) is 101 Å². The van der Waals surface area contributed by atoms with Crippen molar-refractivity contribution in [1.29, 1.82) is 10.5 Å². The molecule has 0 saturated carbocycles. The maximum atomic E-state index is 15.4. The van der Waals surface area contributed by atoms with Crippen LogP contribution in [0.25, 0.3) is 102 Å². The molecule has 0 spiro atoms. The summed E-state index contributed by atoms with van der Waals surface area (Å²) in [4.78, 5) is 45.0. The number of ketones is 2. The van der Waals surface area contributed by atoms with Gasteiger partial charge in [-0.25, -0.2) is 20.2 Å². The zero-order valence-electron chi connectivity index (χ0n) is 83.9. The molecule has 4 atom stereocenters. The van der Waals surface area contributed by atoms with Gasteiger partial charge in [0.2, 0.25) is 0 Å². The van der Waals surface area contributed by atoms with Crippen molar-refractivity contribution in [2.24, 2.45) is 23.7 Å². The number of allylic oxidation sites excluding steroid dienone is 6. The summed E-state index contributed by atoms with van der Waals surface area (Å²) in [5.41, 5.74) is 10.6. The van der Waals surface area contributed by atoms with Crippen LogP contribution in [0.5, 0.6) is 23.0 Å². The Kier molecular flexibility index (Phi) is 33.1. The fourth-order valence-corrected chi connectivity index (χ4v) is 31.6. The van der Waals surface area contributed by atoms with Gasteiger partial charge in [0, 0.05) is 74.8 Å². The number of benzene rings is 8. The molecule has 0 saturated heterocycles. The molecular formula is C126H132N4O6S6. The highest BCUT2D eigenvalue weighted by atomic mass is 32.1. The molecule has 0 N–H and O–H groups in total. The van der Waals surface area contributed by atoms with Crippen LogP contribution in [0.15, 0.2) is 205 Å². The molecule has 0 bridgehead atoms. The van der Waals surface area contributed by atoms with Crippen LogP contribution < -0.4 is 18.9 Å². The highest BCUT2D eigenvalue weighted by molar-refractivity contribution is 7.37. The summed E-state index contributed by atoms with van der Waals surface area (Å²) in [6.07, 6.45) is 41.6. The van der Waals surface area contributed by atoms with E-state index in [1.165, 1.54) is 154 Å². The van der Waals surface area contributed by atoms with Gasteiger partial charge >= 0.3 is 0 Å². The molecule has 0 radical (unpaired) electrons. The summed E-state index contributed by atoms with van der Waals surface area (Å²) >= 11 is 10.8. The zero-order chi connectivity index (χ0) is 98.4. The van der Waals surface area contributed by atoms with Gasteiger partial charge in [-0.15, -0.1) is 68.0 Å². The fraction of sp³-hybridized carbons (Fsp3) is 0.397. The van der Waals surface area contributed by atoms with Gasteiger partial charge in [0.25, 0.3) is 11.4 Å². The van der Waals surface area contributed by atoms with Gasteiger partial charge in [0.15, 0.2) is 11.6 Å². The lowest BCUT2D eigenvalue weighted by Gasteiger charge is -2.34. The number of carbonyl (C=O) groups excluding carboxylic acids is 2. The summed E-state index contributed by atoms with van der Waals surface area (Å²) in [6, 6.07) is 69.5. The number of Topliss-reactive ketones (excluding diaryl/α,β-unsaturated/α-hetero) is 2. The average molecular weight is 1990 g/mol. The van der Waals surface area contributed by atoms with E-state index in [2.05, 4.69) is 186 Å². The summed E-state index contributed by atoms with van der Waals surface area (Å²) < 4.78 is 35.2. The number of fused-ring (bicyclic) bond motifs is 17. The number of hydrogen-bond acceptors (Lipinski definition) is 14. The van der Waals surface area contributed by atoms with Gasteiger partial charge in [-0.1, -0.05) is 307 Å². The zero-order valence-corrected chi connectivity index (χ0v) is 88.8. The van der Waals surface area contributed by atoms with Crippen molar-refractivity contribution in [2.45, 2.75) is 272 Å². The number of rotatable bonds is 50. The Bertz CT molecular complexity index is 6630. The molecule has 0 amide bonds.